The van der Waals surface area contributed by atoms with Gasteiger partial charge in [-0.3, -0.25) is 10.1 Å². The smallest absolute Gasteiger partial charge is 0.288 e. The summed E-state index contributed by atoms with van der Waals surface area (Å²) in [5.41, 5.74) is 1.86. The summed E-state index contributed by atoms with van der Waals surface area (Å²) in [4.78, 5) is 10.2. The monoisotopic (exact) mass is 293 g/mol. The SMILES string of the molecule is CCCn1cccc1CNc1ccc([N+](=O)[O-])c(Cl)c1. The Balaban J connectivity index is 2.05. The second kappa shape index (κ2) is 6.43. The maximum atomic E-state index is 10.7. The van der Waals surface area contributed by atoms with E-state index in [2.05, 4.69) is 22.9 Å². The summed E-state index contributed by atoms with van der Waals surface area (Å²) in [6.07, 6.45) is 3.12. The van der Waals surface area contributed by atoms with Crippen molar-refractivity contribution in [3.63, 3.8) is 0 Å². The number of hydrogen-bond acceptors (Lipinski definition) is 3. The molecule has 20 heavy (non-hydrogen) atoms. The van der Waals surface area contributed by atoms with E-state index < -0.39 is 4.92 Å². The Hall–Kier alpha value is -2.01. The number of halogens is 1. The van der Waals surface area contributed by atoms with Gasteiger partial charge in [-0.1, -0.05) is 18.5 Å². The number of nitrogens with one attached hydrogen (secondary N) is 1. The Morgan fingerprint density at radius 1 is 1.40 bits per heavy atom. The highest BCUT2D eigenvalue weighted by Crippen LogP contribution is 2.27. The quantitative estimate of drug-likeness (QED) is 0.645. The maximum Gasteiger partial charge on any atom is 0.288 e. The summed E-state index contributed by atoms with van der Waals surface area (Å²) in [6, 6.07) is 8.71. The third-order valence-corrected chi connectivity index (χ3v) is 3.31. The maximum absolute atomic E-state index is 10.7. The third-order valence-electron chi connectivity index (χ3n) is 3.01. The Labute approximate surface area is 122 Å². The number of aromatic nitrogens is 1. The molecule has 0 radical (unpaired) electrons. The molecule has 5 nitrogen and oxygen atoms in total. The number of aryl methyl sites for hydroxylation is 1. The van der Waals surface area contributed by atoms with Crippen molar-refractivity contribution < 1.29 is 4.92 Å². The highest BCUT2D eigenvalue weighted by atomic mass is 35.5. The molecule has 6 heteroatoms. The van der Waals surface area contributed by atoms with Crippen LogP contribution in [0.4, 0.5) is 11.4 Å². The number of rotatable bonds is 6. The van der Waals surface area contributed by atoms with Crippen molar-refractivity contribution in [2.75, 3.05) is 5.32 Å². The zero-order valence-electron chi connectivity index (χ0n) is 11.2. The van der Waals surface area contributed by atoms with Crippen LogP contribution in [0.5, 0.6) is 0 Å². The summed E-state index contributed by atoms with van der Waals surface area (Å²) in [6.45, 7) is 3.76. The lowest BCUT2D eigenvalue weighted by Gasteiger charge is -2.10. The second-order valence-corrected chi connectivity index (χ2v) is 4.88. The van der Waals surface area contributed by atoms with Crippen molar-refractivity contribution in [3.05, 3.63) is 57.4 Å². The van der Waals surface area contributed by atoms with Gasteiger partial charge in [0.1, 0.15) is 5.02 Å². The van der Waals surface area contributed by atoms with Gasteiger partial charge in [0.25, 0.3) is 5.69 Å². The van der Waals surface area contributed by atoms with E-state index in [0.29, 0.717) is 6.54 Å². The first kappa shape index (κ1) is 14.4. The minimum atomic E-state index is -0.488. The van der Waals surface area contributed by atoms with Crippen LogP contribution in [-0.4, -0.2) is 9.49 Å². The topological polar surface area (TPSA) is 60.1 Å². The number of anilines is 1. The molecule has 0 atom stereocenters. The van der Waals surface area contributed by atoms with Crippen LogP contribution in [0.2, 0.25) is 5.02 Å². The normalized spacial score (nSPS) is 10.5. The molecule has 1 N–H and O–H groups in total. The van der Waals surface area contributed by atoms with E-state index in [0.717, 1.165) is 18.7 Å². The van der Waals surface area contributed by atoms with Gasteiger partial charge in [-0.15, -0.1) is 0 Å². The molecule has 0 aliphatic heterocycles. The van der Waals surface area contributed by atoms with Gasteiger partial charge in [-0.2, -0.15) is 0 Å². The number of nitro benzene ring substituents is 1. The van der Waals surface area contributed by atoms with Gasteiger partial charge in [-0.25, -0.2) is 0 Å². The van der Waals surface area contributed by atoms with Crippen LogP contribution in [0.3, 0.4) is 0 Å². The van der Waals surface area contributed by atoms with Gasteiger partial charge < -0.3 is 9.88 Å². The minimum Gasteiger partial charge on any atom is -0.379 e. The largest absolute Gasteiger partial charge is 0.379 e. The van der Waals surface area contributed by atoms with E-state index in [9.17, 15) is 10.1 Å². The van der Waals surface area contributed by atoms with Gasteiger partial charge in [0, 0.05) is 30.2 Å². The Morgan fingerprint density at radius 3 is 2.85 bits per heavy atom. The van der Waals surface area contributed by atoms with E-state index in [1.54, 1.807) is 12.1 Å². The zero-order valence-corrected chi connectivity index (χ0v) is 11.9. The van der Waals surface area contributed by atoms with Crippen LogP contribution < -0.4 is 5.32 Å². The fourth-order valence-corrected chi connectivity index (χ4v) is 2.28. The molecule has 0 bridgehead atoms. The van der Waals surface area contributed by atoms with Crippen molar-refractivity contribution in [2.45, 2.75) is 26.4 Å². The van der Waals surface area contributed by atoms with E-state index in [-0.39, 0.29) is 10.7 Å². The Bertz CT molecular complexity index is 610. The summed E-state index contributed by atoms with van der Waals surface area (Å²) < 4.78 is 2.18. The molecule has 2 aromatic rings. The summed E-state index contributed by atoms with van der Waals surface area (Å²) in [5, 5.41) is 14.1. The molecular formula is C14H16ClN3O2. The highest BCUT2D eigenvalue weighted by molar-refractivity contribution is 6.32. The Morgan fingerprint density at radius 2 is 2.20 bits per heavy atom. The standard InChI is InChI=1S/C14H16ClN3O2/c1-2-7-17-8-3-4-12(17)10-16-11-5-6-14(18(19)20)13(15)9-11/h3-6,8-9,16H,2,7,10H2,1H3. The third kappa shape index (κ3) is 3.30. The first-order valence-corrected chi connectivity index (χ1v) is 6.81. The number of nitro groups is 1. The van der Waals surface area contributed by atoms with Crippen LogP contribution in [0.25, 0.3) is 0 Å². The molecule has 0 saturated heterocycles. The molecule has 0 spiro atoms. The molecule has 0 unspecified atom stereocenters. The molecule has 0 saturated carbocycles. The predicted molar refractivity (Wildman–Crippen MR) is 80.2 cm³/mol. The van der Waals surface area contributed by atoms with Gasteiger partial charge in [-0.05, 0) is 30.7 Å². The lowest BCUT2D eigenvalue weighted by atomic mass is 10.2. The Kier molecular flexibility index (Phi) is 4.63. The molecule has 1 heterocycles. The predicted octanol–water partition coefficient (Wildman–Crippen LogP) is 4.07. The van der Waals surface area contributed by atoms with E-state index >= 15 is 0 Å². The molecule has 0 aliphatic carbocycles. The minimum absolute atomic E-state index is 0.0772. The zero-order chi connectivity index (χ0) is 14.5. The first-order chi connectivity index (χ1) is 9.61. The highest BCUT2D eigenvalue weighted by Gasteiger charge is 2.12. The lowest BCUT2D eigenvalue weighted by molar-refractivity contribution is -0.384. The molecule has 1 aromatic heterocycles. The van der Waals surface area contributed by atoms with Gasteiger partial charge in [0.2, 0.25) is 0 Å². The lowest BCUT2D eigenvalue weighted by Crippen LogP contribution is -2.07. The van der Waals surface area contributed by atoms with Crippen molar-refractivity contribution in [1.29, 1.82) is 0 Å². The van der Waals surface area contributed by atoms with Crippen molar-refractivity contribution in [3.8, 4) is 0 Å². The van der Waals surface area contributed by atoms with E-state index in [1.807, 2.05) is 12.3 Å². The van der Waals surface area contributed by atoms with Crippen LogP contribution in [0.1, 0.15) is 19.0 Å². The fraction of sp³-hybridized carbons (Fsp3) is 0.286. The molecule has 0 amide bonds. The van der Waals surface area contributed by atoms with Crippen LogP contribution in [0.15, 0.2) is 36.5 Å². The van der Waals surface area contributed by atoms with Crippen molar-refractivity contribution >= 4 is 23.0 Å². The second-order valence-electron chi connectivity index (χ2n) is 4.47. The van der Waals surface area contributed by atoms with Crippen LogP contribution in [-0.2, 0) is 13.1 Å². The molecular weight excluding hydrogens is 278 g/mol. The number of nitrogens with zero attached hydrogens (tertiary/aromatic N) is 2. The van der Waals surface area contributed by atoms with Gasteiger partial charge >= 0.3 is 0 Å². The van der Waals surface area contributed by atoms with E-state index in [1.165, 1.54) is 11.8 Å². The number of benzene rings is 1. The van der Waals surface area contributed by atoms with E-state index in [4.69, 9.17) is 11.6 Å². The van der Waals surface area contributed by atoms with Crippen molar-refractivity contribution in [2.24, 2.45) is 0 Å². The summed E-state index contributed by atoms with van der Waals surface area (Å²) in [7, 11) is 0. The summed E-state index contributed by atoms with van der Waals surface area (Å²) >= 11 is 5.88. The molecule has 1 aromatic carbocycles. The van der Waals surface area contributed by atoms with Crippen LogP contribution >= 0.6 is 11.6 Å². The molecule has 0 fully saturated rings. The van der Waals surface area contributed by atoms with Crippen molar-refractivity contribution in [1.82, 2.24) is 4.57 Å². The van der Waals surface area contributed by atoms with Crippen LogP contribution in [0, 0.1) is 10.1 Å². The molecule has 106 valence electrons. The number of hydrogen-bond donors (Lipinski definition) is 1. The first-order valence-electron chi connectivity index (χ1n) is 6.43. The molecule has 0 aliphatic rings. The fourth-order valence-electron chi connectivity index (χ4n) is 2.03. The average Bonchev–Trinajstić information content (AvgIpc) is 2.84. The average molecular weight is 294 g/mol. The van der Waals surface area contributed by atoms with Gasteiger partial charge in [0.05, 0.1) is 11.5 Å². The van der Waals surface area contributed by atoms with Gasteiger partial charge in [0.15, 0.2) is 0 Å². The molecule has 2 rings (SSSR count). The summed E-state index contributed by atoms with van der Waals surface area (Å²) in [5.74, 6) is 0.